The molecule has 6 heteroatoms. The molecular weight excluding hydrogens is 368 g/mol. The smallest absolute Gasteiger partial charge is 0.244 e. The molecule has 1 heterocycles. The van der Waals surface area contributed by atoms with Crippen molar-refractivity contribution < 1.29 is 4.79 Å². The van der Waals surface area contributed by atoms with Gasteiger partial charge < -0.3 is 15.5 Å². The van der Waals surface area contributed by atoms with Crippen LogP contribution in [0.1, 0.15) is 18.1 Å². The maximum Gasteiger partial charge on any atom is 0.244 e. The van der Waals surface area contributed by atoms with Gasteiger partial charge in [0, 0.05) is 36.8 Å². The minimum absolute atomic E-state index is 0.0744. The standard InChI is InChI=1S/C22H28N4OS/c1-2-23-22(24-13-15-28-20-10-4-3-5-11-20)25-16-21(27)26-14-12-18-8-6-7-9-19(18)17-26/h3-11H,2,12-17H2,1H3,(H2,23,24,25). The Hall–Kier alpha value is -2.47. The zero-order chi connectivity index (χ0) is 19.6. The predicted octanol–water partition coefficient (Wildman–Crippen LogP) is 2.92. The van der Waals surface area contributed by atoms with Gasteiger partial charge in [-0.1, -0.05) is 42.5 Å². The number of carbonyl (C=O) groups excluding carboxylic acids is 1. The molecule has 0 aliphatic carbocycles. The van der Waals surface area contributed by atoms with Crippen LogP contribution in [0.15, 0.2) is 64.5 Å². The molecule has 0 aromatic heterocycles. The summed E-state index contributed by atoms with van der Waals surface area (Å²) in [5.74, 6) is 1.71. The number of benzene rings is 2. The molecule has 2 aromatic carbocycles. The largest absolute Gasteiger partial charge is 0.357 e. The topological polar surface area (TPSA) is 56.7 Å². The lowest BCUT2D eigenvalue weighted by molar-refractivity contribution is -0.130. The molecule has 2 N–H and O–H groups in total. The number of thioether (sulfide) groups is 1. The zero-order valence-corrected chi connectivity index (χ0v) is 17.2. The number of nitrogens with one attached hydrogen (secondary N) is 2. The van der Waals surface area contributed by atoms with Crippen LogP contribution in [0.3, 0.4) is 0 Å². The normalized spacial score (nSPS) is 13.8. The summed E-state index contributed by atoms with van der Waals surface area (Å²) < 4.78 is 0. The van der Waals surface area contributed by atoms with Crippen molar-refractivity contribution in [3.63, 3.8) is 0 Å². The molecule has 0 spiro atoms. The van der Waals surface area contributed by atoms with Crippen LogP contribution in [-0.2, 0) is 17.8 Å². The fourth-order valence-corrected chi connectivity index (χ4v) is 3.94. The van der Waals surface area contributed by atoms with E-state index in [2.05, 4.69) is 46.0 Å². The number of carbonyl (C=O) groups is 1. The van der Waals surface area contributed by atoms with Gasteiger partial charge in [-0.3, -0.25) is 4.79 Å². The van der Waals surface area contributed by atoms with Crippen LogP contribution in [0.2, 0.25) is 0 Å². The number of nitrogens with zero attached hydrogens (tertiary/aromatic N) is 2. The molecule has 5 nitrogen and oxygen atoms in total. The molecule has 1 amide bonds. The van der Waals surface area contributed by atoms with Gasteiger partial charge in [-0.25, -0.2) is 4.99 Å². The number of aliphatic imine (C=N–C) groups is 1. The van der Waals surface area contributed by atoms with Gasteiger partial charge in [-0.15, -0.1) is 11.8 Å². The molecule has 148 valence electrons. The van der Waals surface area contributed by atoms with Crippen molar-refractivity contribution in [2.45, 2.75) is 24.8 Å². The van der Waals surface area contributed by atoms with Crippen molar-refractivity contribution in [3.05, 3.63) is 65.7 Å². The van der Waals surface area contributed by atoms with Crippen molar-refractivity contribution in [3.8, 4) is 0 Å². The second-order valence-electron chi connectivity index (χ2n) is 6.62. The number of amides is 1. The lowest BCUT2D eigenvalue weighted by Gasteiger charge is -2.28. The monoisotopic (exact) mass is 396 g/mol. The highest BCUT2D eigenvalue weighted by Gasteiger charge is 2.19. The van der Waals surface area contributed by atoms with Gasteiger partial charge in [0.25, 0.3) is 0 Å². The van der Waals surface area contributed by atoms with Crippen molar-refractivity contribution in [2.24, 2.45) is 4.99 Å². The lowest BCUT2D eigenvalue weighted by Crippen LogP contribution is -2.41. The third-order valence-corrected chi connectivity index (χ3v) is 5.62. The second-order valence-corrected chi connectivity index (χ2v) is 7.79. The third-order valence-electron chi connectivity index (χ3n) is 4.61. The molecule has 0 saturated carbocycles. The Morgan fingerprint density at radius 3 is 2.61 bits per heavy atom. The highest BCUT2D eigenvalue weighted by Crippen LogP contribution is 2.18. The fraction of sp³-hybridized carbons (Fsp3) is 0.364. The summed E-state index contributed by atoms with van der Waals surface area (Å²) in [5.41, 5.74) is 2.59. The molecule has 1 aliphatic rings. The molecule has 28 heavy (non-hydrogen) atoms. The minimum Gasteiger partial charge on any atom is -0.357 e. The van der Waals surface area contributed by atoms with E-state index in [1.807, 2.05) is 36.1 Å². The summed E-state index contributed by atoms with van der Waals surface area (Å²) >= 11 is 1.80. The van der Waals surface area contributed by atoms with E-state index < -0.39 is 0 Å². The number of guanidine groups is 1. The van der Waals surface area contributed by atoms with Gasteiger partial charge in [0.2, 0.25) is 5.91 Å². The number of fused-ring (bicyclic) bond motifs is 1. The van der Waals surface area contributed by atoms with Gasteiger partial charge in [0.15, 0.2) is 5.96 Å². The average Bonchev–Trinajstić information content (AvgIpc) is 2.75. The first-order valence-electron chi connectivity index (χ1n) is 9.81. The van der Waals surface area contributed by atoms with Crippen LogP contribution in [0.25, 0.3) is 0 Å². The maximum absolute atomic E-state index is 12.6. The number of rotatable bonds is 7. The Morgan fingerprint density at radius 2 is 1.82 bits per heavy atom. The molecule has 0 unspecified atom stereocenters. The SMILES string of the molecule is CCNC(=NCC(=O)N1CCc2ccccc2C1)NCCSc1ccccc1. The molecule has 0 saturated heterocycles. The van der Waals surface area contributed by atoms with Crippen LogP contribution in [0.4, 0.5) is 0 Å². The van der Waals surface area contributed by atoms with Crippen molar-refractivity contribution in [2.75, 3.05) is 31.9 Å². The molecule has 0 bridgehead atoms. The summed E-state index contributed by atoms with van der Waals surface area (Å²) in [4.78, 5) is 20.2. The third kappa shape index (κ3) is 6.02. The summed E-state index contributed by atoms with van der Waals surface area (Å²) in [6.07, 6.45) is 0.917. The summed E-state index contributed by atoms with van der Waals surface area (Å²) in [6.45, 7) is 5.20. The van der Waals surface area contributed by atoms with Crippen LogP contribution in [-0.4, -0.2) is 48.7 Å². The van der Waals surface area contributed by atoms with Crippen LogP contribution in [0, 0.1) is 0 Å². The van der Waals surface area contributed by atoms with E-state index in [0.29, 0.717) is 12.5 Å². The Kier molecular flexibility index (Phi) is 7.79. The van der Waals surface area contributed by atoms with E-state index in [-0.39, 0.29) is 12.5 Å². The summed E-state index contributed by atoms with van der Waals surface area (Å²) in [7, 11) is 0. The molecule has 1 aliphatic heterocycles. The Bertz CT molecular complexity index is 794. The molecule has 2 aromatic rings. The summed E-state index contributed by atoms with van der Waals surface area (Å²) in [5, 5.41) is 6.53. The minimum atomic E-state index is 0.0744. The molecule has 0 atom stereocenters. The van der Waals surface area contributed by atoms with Gasteiger partial charge >= 0.3 is 0 Å². The first-order chi connectivity index (χ1) is 13.8. The van der Waals surface area contributed by atoms with Crippen LogP contribution >= 0.6 is 11.8 Å². The molecular formula is C22H28N4OS. The van der Waals surface area contributed by atoms with Crippen LogP contribution < -0.4 is 10.6 Å². The van der Waals surface area contributed by atoms with Crippen molar-refractivity contribution >= 4 is 23.6 Å². The lowest BCUT2D eigenvalue weighted by atomic mass is 10.00. The van der Waals surface area contributed by atoms with Gasteiger partial charge in [0.05, 0.1) is 0 Å². The molecule has 0 fully saturated rings. The Morgan fingerprint density at radius 1 is 1.07 bits per heavy atom. The maximum atomic E-state index is 12.6. The fourth-order valence-electron chi connectivity index (χ4n) is 3.15. The van der Waals surface area contributed by atoms with E-state index >= 15 is 0 Å². The summed E-state index contributed by atoms with van der Waals surface area (Å²) in [6, 6.07) is 18.7. The average molecular weight is 397 g/mol. The van der Waals surface area contributed by atoms with Crippen LogP contribution in [0.5, 0.6) is 0 Å². The predicted molar refractivity (Wildman–Crippen MR) is 117 cm³/mol. The second kappa shape index (κ2) is 10.8. The van der Waals surface area contributed by atoms with E-state index in [4.69, 9.17) is 0 Å². The van der Waals surface area contributed by atoms with E-state index in [9.17, 15) is 4.79 Å². The van der Waals surface area contributed by atoms with Crippen molar-refractivity contribution in [1.82, 2.24) is 15.5 Å². The number of hydrogen-bond acceptors (Lipinski definition) is 3. The Balaban J connectivity index is 1.46. The van der Waals surface area contributed by atoms with E-state index in [0.717, 1.165) is 31.8 Å². The Labute approximate surface area is 171 Å². The highest BCUT2D eigenvalue weighted by molar-refractivity contribution is 7.99. The van der Waals surface area contributed by atoms with Gasteiger partial charge in [-0.05, 0) is 36.6 Å². The first-order valence-corrected chi connectivity index (χ1v) is 10.8. The van der Waals surface area contributed by atoms with Gasteiger partial charge in [-0.2, -0.15) is 0 Å². The van der Waals surface area contributed by atoms with E-state index in [1.165, 1.54) is 16.0 Å². The van der Waals surface area contributed by atoms with Gasteiger partial charge in [0.1, 0.15) is 6.54 Å². The quantitative estimate of drug-likeness (QED) is 0.327. The molecule has 0 radical (unpaired) electrons. The van der Waals surface area contributed by atoms with Crippen molar-refractivity contribution in [1.29, 1.82) is 0 Å². The first kappa shape index (κ1) is 20.3. The zero-order valence-electron chi connectivity index (χ0n) is 16.4. The number of hydrogen-bond donors (Lipinski definition) is 2. The van der Waals surface area contributed by atoms with E-state index in [1.54, 1.807) is 11.8 Å². The highest BCUT2D eigenvalue weighted by atomic mass is 32.2. The molecule has 3 rings (SSSR count).